The van der Waals surface area contributed by atoms with Crippen LogP contribution in [-0.4, -0.2) is 14.5 Å². The predicted molar refractivity (Wildman–Crippen MR) is 76.0 cm³/mol. The zero-order chi connectivity index (χ0) is 14.9. The summed E-state index contributed by atoms with van der Waals surface area (Å²) in [6.45, 7) is 1.80. The summed E-state index contributed by atoms with van der Waals surface area (Å²) < 4.78 is 1.87. The van der Waals surface area contributed by atoms with Crippen molar-refractivity contribution < 1.29 is 4.92 Å². The van der Waals surface area contributed by atoms with Crippen molar-refractivity contribution in [2.45, 2.75) is 13.5 Å². The summed E-state index contributed by atoms with van der Waals surface area (Å²) in [5.41, 5.74) is 0.136. The number of aromatic amines is 1. The van der Waals surface area contributed by atoms with Gasteiger partial charge >= 0.3 is 5.69 Å². The van der Waals surface area contributed by atoms with Crippen LogP contribution in [0.1, 0.15) is 11.1 Å². The van der Waals surface area contributed by atoms with E-state index in [1.54, 1.807) is 13.0 Å². The number of hydrogen-bond acceptors (Lipinski definition) is 4. The molecule has 0 amide bonds. The average Bonchev–Trinajstić information content (AvgIpc) is 2.37. The Hall–Kier alpha value is -2.22. The van der Waals surface area contributed by atoms with Crippen LogP contribution in [0.3, 0.4) is 0 Å². The van der Waals surface area contributed by atoms with Crippen LogP contribution in [0.15, 0.2) is 38.5 Å². The zero-order valence-corrected chi connectivity index (χ0v) is 12.0. The molecule has 0 aliphatic carbocycles. The van der Waals surface area contributed by atoms with Gasteiger partial charge in [0.15, 0.2) is 0 Å². The lowest BCUT2D eigenvalue weighted by atomic mass is 10.2. The van der Waals surface area contributed by atoms with Gasteiger partial charge in [-0.05, 0) is 18.6 Å². The molecule has 8 heteroatoms. The minimum atomic E-state index is -0.522. The van der Waals surface area contributed by atoms with E-state index >= 15 is 0 Å². The van der Waals surface area contributed by atoms with E-state index in [2.05, 4.69) is 20.9 Å². The summed E-state index contributed by atoms with van der Waals surface area (Å²) in [6.07, 6.45) is 1.45. The number of nitro benzene ring substituents is 1. The number of nitro groups is 1. The second-order valence-corrected chi connectivity index (χ2v) is 5.09. The summed E-state index contributed by atoms with van der Waals surface area (Å²) in [4.78, 5) is 35.3. The van der Waals surface area contributed by atoms with Crippen LogP contribution < -0.4 is 11.2 Å². The minimum Gasteiger partial charge on any atom is -0.296 e. The molecule has 0 atom stereocenters. The molecule has 0 spiro atoms. The maximum absolute atomic E-state index is 11.7. The van der Waals surface area contributed by atoms with Crippen LogP contribution in [-0.2, 0) is 6.54 Å². The fourth-order valence-electron chi connectivity index (χ4n) is 1.70. The van der Waals surface area contributed by atoms with Gasteiger partial charge < -0.3 is 0 Å². The van der Waals surface area contributed by atoms with E-state index in [-0.39, 0.29) is 12.2 Å². The SMILES string of the molecule is Cc1cn(Cc2ccc([N+](=O)[O-])cc2Br)c(=O)[nH]c1=O. The molecule has 0 bridgehead atoms. The molecular weight excluding hydrogens is 330 g/mol. The summed E-state index contributed by atoms with van der Waals surface area (Å²) >= 11 is 3.24. The van der Waals surface area contributed by atoms with Crippen molar-refractivity contribution in [3.63, 3.8) is 0 Å². The van der Waals surface area contributed by atoms with Crippen molar-refractivity contribution in [2.24, 2.45) is 0 Å². The van der Waals surface area contributed by atoms with E-state index in [4.69, 9.17) is 0 Å². The Bertz CT molecular complexity index is 794. The molecule has 104 valence electrons. The van der Waals surface area contributed by atoms with Crippen LogP contribution in [0.25, 0.3) is 0 Å². The van der Waals surface area contributed by atoms with Crippen LogP contribution in [0.5, 0.6) is 0 Å². The molecular formula is C12H10BrN3O4. The third-order valence-corrected chi connectivity index (χ3v) is 3.52. The molecule has 2 aromatic rings. The highest BCUT2D eigenvalue weighted by molar-refractivity contribution is 9.10. The molecule has 7 nitrogen and oxygen atoms in total. The first kappa shape index (κ1) is 14.2. The maximum Gasteiger partial charge on any atom is 0.328 e. The van der Waals surface area contributed by atoms with Crippen LogP contribution >= 0.6 is 15.9 Å². The third-order valence-electron chi connectivity index (χ3n) is 2.78. The number of non-ortho nitro benzene ring substituents is 1. The molecule has 0 saturated carbocycles. The van der Waals surface area contributed by atoms with E-state index in [1.807, 2.05) is 0 Å². The van der Waals surface area contributed by atoms with Gasteiger partial charge in [-0.2, -0.15) is 0 Å². The highest BCUT2D eigenvalue weighted by Gasteiger charge is 2.10. The molecule has 0 unspecified atom stereocenters. The summed E-state index contributed by atoms with van der Waals surface area (Å²) in [5, 5.41) is 10.6. The van der Waals surface area contributed by atoms with Gasteiger partial charge in [0.25, 0.3) is 11.2 Å². The molecule has 0 fully saturated rings. The van der Waals surface area contributed by atoms with E-state index in [9.17, 15) is 19.7 Å². The number of aryl methyl sites for hydroxylation is 1. The third kappa shape index (κ3) is 2.85. The number of aromatic nitrogens is 2. The fraction of sp³-hybridized carbons (Fsp3) is 0.167. The maximum atomic E-state index is 11.7. The first-order valence-electron chi connectivity index (χ1n) is 5.61. The van der Waals surface area contributed by atoms with E-state index < -0.39 is 16.2 Å². The van der Waals surface area contributed by atoms with Gasteiger partial charge in [-0.25, -0.2) is 4.79 Å². The lowest BCUT2D eigenvalue weighted by molar-refractivity contribution is -0.384. The standard InChI is InChI=1S/C12H10BrN3O4/c1-7-5-15(12(18)14-11(7)17)6-8-2-3-9(16(19)20)4-10(8)13/h2-5H,6H2,1H3,(H,14,17,18). The van der Waals surface area contributed by atoms with Crippen molar-refractivity contribution in [2.75, 3.05) is 0 Å². The number of hydrogen-bond donors (Lipinski definition) is 1. The van der Waals surface area contributed by atoms with Crippen molar-refractivity contribution >= 4 is 21.6 Å². The number of halogens is 1. The lowest BCUT2D eigenvalue weighted by Gasteiger charge is -2.08. The van der Waals surface area contributed by atoms with Crippen molar-refractivity contribution in [1.82, 2.24) is 9.55 Å². The number of benzene rings is 1. The molecule has 0 radical (unpaired) electrons. The second-order valence-electron chi connectivity index (χ2n) is 4.23. The monoisotopic (exact) mass is 339 g/mol. The van der Waals surface area contributed by atoms with Gasteiger partial charge in [-0.3, -0.25) is 24.5 Å². The molecule has 0 aliphatic rings. The first-order valence-corrected chi connectivity index (χ1v) is 6.41. The highest BCUT2D eigenvalue weighted by Crippen LogP contribution is 2.23. The summed E-state index contributed by atoms with van der Waals surface area (Å²) in [5.74, 6) is 0. The summed E-state index contributed by atoms with van der Waals surface area (Å²) in [6, 6.07) is 4.30. The Morgan fingerprint density at radius 3 is 2.70 bits per heavy atom. The van der Waals surface area contributed by atoms with Gasteiger partial charge in [-0.15, -0.1) is 0 Å². The Labute approximate surface area is 121 Å². The molecule has 1 heterocycles. The molecule has 0 aliphatic heterocycles. The second kappa shape index (κ2) is 5.41. The van der Waals surface area contributed by atoms with Gasteiger partial charge in [0.05, 0.1) is 11.5 Å². The first-order chi connectivity index (χ1) is 9.38. The predicted octanol–water partition coefficient (Wildman–Crippen LogP) is 1.56. The Morgan fingerprint density at radius 2 is 2.10 bits per heavy atom. The van der Waals surface area contributed by atoms with Crippen LogP contribution in [0.2, 0.25) is 0 Å². The fourth-order valence-corrected chi connectivity index (χ4v) is 2.19. The number of nitrogens with one attached hydrogen (secondary N) is 1. The minimum absolute atomic E-state index is 0.0365. The van der Waals surface area contributed by atoms with Crippen LogP contribution in [0, 0.1) is 17.0 Å². The highest BCUT2D eigenvalue weighted by atomic mass is 79.9. The van der Waals surface area contributed by atoms with Crippen molar-refractivity contribution in [3.05, 3.63) is 70.9 Å². The molecule has 20 heavy (non-hydrogen) atoms. The molecule has 0 saturated heterocycles. The number of nitrogens with zero attached hydrogens (tertiary/aromatic N) is 2. The average molecular weight is 340 g/mol. The Balaban J connectivity index is 2.40. The Morgan fingerprint density at radius 1 is 1.40 bits per heavy atom. The van der Waals surface area contributed by atoms with Crippen molar-refractivity contribution in [3.8, 4) is 0 Å². The van der Waals surface area contributed by atoms with Gasteiger partial charge in [-0.1, -0.05) is 15.9 Å². The Kier molecular flexibility index (Phi) is 3.84. The largest absolute Gasteiger partial charge is 0.328 e. The number of H-pyrrole nitrogens is 1. The van der Waals surface area contributed by atoms with E-state index in [0.29, 0.717) is 15.6 Å². The smallest absolute Gasteiger partial charge is 0.296 e. The van der Waals surface area contributed by atoms with E-state index in [0.717, 1.165) is 0 Å². The van der Waals surface area contributed by atoms with E-state index in [1.165, 1.54) is 22.9 Å². The molecule has 1 aromatic heterocycles. The van der Waals surface area contributed by atoms with Gasteiger partial charge in [0.2, 0.25) is 0 Å². The van der Waals surface area contributed by atoms with Gasteiger partial charge in [0, 0.05) is 28.4 Å². The molecule has 2 rings (SSSR count). The van der Waals surface area contributed by atoms with Gasteiger partial charge in [0.1, 0.15) is 0 Å². The molecule has 1 N–H and O–H groups in total. The molecule has 1 aromatic carbocycles. The normalized spacial score (nSPS) is 10.5. The summed E-state index contributed by atoms with van der Waals surface area (Å²) in [7, 11) is 0. The quantitative estimate of drug-likeness (QED) is 0.677. The zero-order valence-electron chi connectivity index (χ0n) is 10.4. The number of rotatable bonds is 3. The van der Waals surface area contributed by atoms with Crippen molar-refractivity contribution in [1.29, 1.82) is 0 Å². The van der Waals surface area contributed by atoms with Crippen LogP contribution in [0.4, 0.5) is 5.69 Å². The topological polar surface area (TPSA) is 98.0 Å². The lowest BCUT2D eigenvalue weighted by Crippen LogP contribution is -2.31.